The third-order valence-corrected chi connectivity index (χ3v) is 6.49. The summed E-state index contributed by atoms with van der Waals surface area (Å²) in [5.41, 5.74) is 2.96. The smallest absolute Gasteiger partial charge is 0.252 e. The lowest BCUT2D eigenvalue weighted by Gasteiger charge is -2.12. The number of rotatable bonds is 9. The molecule has 36 heavy (non-hydrogen) atoms. The van der Waals surface area contributed by atoms with Crippen LogP contribution in [-0.2, 0) is 23.0 Å². The number of nitriles is 1. The zero-order valence-corrected chi connectivity index (χ0v) is 21.6. The monoisotopic (exact) mass is 544 g/mol. The highest BCUT2D eigenvalue weighted by Crippen LogP contribution is 2.33. The molecule has 2 aromatic carbocycles. The standard InChI is InChI=1S/C25H22Cl2N4O4S/c1-36(33,34)29-20-6-9-30(24(32)14-20)8-4-17-2-3-23-18(12-17)5-10-31(23)21-13-19(16-28)25(22(27)15-21)35-11-7-26/h2-3,5-6,9-10,12-15,29H,4,7-8,11H2,1H3. The molecule has 0 unspecified atom stereocenters. The second-order valence-electron chi connectivity index (χ2n) is 8.10. The quantitative estimate of drug-likeness (QED) is 0.311. The van der Waals surface area contributed by atoms with Crippen LogP contribution in [0.4, 0.5) is 5.69 Å². The molecule has 186 valence electrons. The molecule has 0 bridgehead atoms. The van der Waals surface area contributed by atoms with Gasteiger partial charge in [0.05, 0.1) is 33.9 Å². The fourth-order valence-electron chi connectivity index (χ4n) is 3.88. The first-order valence-electron chi connectivity index (χ1n) is 10.9. The van der Waals surface area contributed by atoms with E-state index in [1.165, 1.54) is 10.6 Å². The lowest BCUT2D eigenvalue weighted by Crippen LogP contribution is -2.21. The predicted octanol–water partition coefficient (Wildman–Crippen LogP) is 4.55. The maximum absolute atomic E-state index is 12.4. The Kier molecular flexibility index (Phi) is 7.59. The van der Waals surface area contributed by atoms with Crippen LogP contribution in [0.25, 0.3) is 16.6 Å². The molecule has 8 nitrogen and oxygen atoms in total. The van der Waals surface area contributed by atoms with Crippen LogP contribution in [0, 0.1) is 11.3 Å². The molecule has 0 atom stereocenters. The summed E-state index contributed by atoms with van der Waals surface area (Å²) >= 11 is 12.1. The number of halogens is 2. The van der Waals surface area contributed by atoms with Gasteiger partial charge in [0.2, 0.25) is 10.0 Å². The van der Waals surface area contributed by atoms with Gasteiger partial charge in [-0.15, -0.1) is 11.6 Å². The van der Waals surface area contributed by atoms with E-state index in [2.05, 4.69) is 10.8 Å². The number of aromatic nitrogens is 2. The Bertz CT molecular complexity index is 1640. The molecule has 4 aromatic rings. The highest BCUT2D eigenvalue weighted by molar-refractivity contribution is 7.92. The number of anilines is 1. The van der Waals surface area contributed by atoms with Crippen LogP contribution in [0.1, 0.15) is 11.1 Å². The van der Waals surface area contributed by atoms with E-state index in [4.69, 9.17) is 27.9 Å². The topological polar surface area (TPSA) is 106 Å². The number of nitrogens with one attached hydrogen (secondary N) is 1. The van der Waals surface area contributed by atoms with E-state index in [0.717, 1.165) is 28.4 Å². The van der Waals surface area contributed by atoms with Crippen LogP contribution >= 0.6 is 23.2 Å². The van der Waals surface area contributed by atoms with Crippen molar-refractivity contribution in [2.45, 2.75) is 13.0 Å². The number of benzene rings is 2. The number of hydrogen-bond acceptors (Lipinski definition) is 5. The molecule has 2 aromatic heterocycles. The van der Waals surface area contributed by atoms with Gasteiger partial charge < -0.3 is 13.9 Å². The van der Waals surface area contributed by atoms with Gasteiger partial charge in [-0.3, -0.25) is 9.52 Å². The minimum atomic E-state index is -3.45. The number of fused-ring (bicyclic) bond motifs is 1. The van der Waals surface area contributed by atoms with E-state index < -0.39 is 10.0 Å². The summed E-state index contributed by atoms with van der Waals surface area (Å²) < 4.78 is 34.0. The van der Waals surface area contributed by atoms with E-state index in [-0.39, 0.29) is 23.7 Å². The minimum Gasteiger partial charge on any atom is -0.489 e. The SMILES string of the molecule is CS(=O)(=O)Nc1ccn(CCc2ccc3c(ccn3-c3cc(Cl)c(OCCCl)c(C#N)c3)c2)c(=O)c1. The number of aryl methyl sites for hydroxylation is 2. The molecule has 1 N–H and O–H groups in total. The molecule has 11 heteroatoms. The normalized spacial score (nSPS) is 11.4. The maximum atomic E-state index is 12.4. The zero-order valence-electron chi connectivity index (χ0n) is 19.2. The van der Waals surface area contributed by atoms with Crippen LogP contribution < -0.4 is 15.0 Å². The molecule has 2 heterocycles. The van der Waals surface area contributed by atoms with Crippen LogP contribution in [0.15, 0.2) is 65.7 Å². The van der Waals surface area contributed by atoms with Crippen molar-refractivity contribution in [1.29, 1.82) is 5.26 Å². The molecule has 0 aliphatic carbocycles. The van der Waals surface area contributed by atoms with Gasteiger partial charge in [0.1, 0.15) is 12.7 Å². The van der Waals surface area contributed by atoms with Crippen molar-refractivity contribution in [3.63, 3.8) is 0 Å². The Balaban J connectivity index is 1.55. The van der Waals surface area contributed by atoms with E-state index in [0.29, 0.717) is 29.3 Å². The third kappa shape index (κ3) is 5.85. The predicted molar refractivity (Wildman–Crippen MR) is 142 cm³/mol. The Labute approximate surface area is 218 Å². The molecule has 4 rings (SSSR count). The van der Waals surface area contributed by atoms with Crippen LogP contribution in [0.5, 0.6) is 5.75 Å². The fraction of sp³-hybridized carbons (Fsp3) is 0.200. The molecular formula is C25H22Cl2N4O4S. The highest BCUT2D eigenvalue weighted by atomic mass is 35.5. The van der Waals surface area contributed by atoms with Gasteiger partial charge >= 0.3 is 0 Å². The fourth-order valence-corrected chi connectivity index (χ4v) is 4.78. The lowest BCUT2D eigenvalue weighted by atomic mass is 10.1. The second-order valence-corrected chi connectivity index (χ2v) is 10.6. The van der Waals surface area contributed by atoms with Crippen LogP contribution in [0.2, 0.25) is 5.02 Å². The summed E-state index contributed by atoms with van der Waals surface area (Å²) in [5.74, 6) is 0.603. The van der Waals surface area contributed by atoms with Crippen molar-refractivity contribution in [3.05, 3.63) is 87.4 Å². The van der Waals surface area contributed by atoms with Crippen molar-refractivity contribution < 1.29 is 13.2 Å². The molecule has 0 spiro atoms. The summed E-state index contributed by atoms with van der Waals surface area (Å²) in [6.45, 7) is 0.688. The van der Waals surface area contributed by atoms with Crippen LogP contribution in [0.3, 0.4) is 0 Å². The van der Waals surface area contributed by atoms with Crippen molar-refractivity contribution in [3.8, 4) is 17.5 Å². The molecule has 0 saturated carbocycles. The molecule has 0 aliphatic rings. The first-order chi connectivity index (χ1) is 17.2. The minimum absolute atomic E-state index is 0.236. The van der Waals surface area contributed by atoms with Gasteiger partial charge in [-0.25, -0.2) is 8.42 Å². The summed E-state index contributed by atoms with van der Waals surface area (Å²) in [6, 6.07) is 16.4. The molecule has 0 amide bonds. The molecular weight excluding hydrogens is 523 g/mol. The van der Waals surface area contributed by atoms with E-state index in [1.54, 1.807) is 24.4 Å². The van der Waals surface area contributed by atoms with Gasteiger partial charge in [0, 0.05) is 36.1 Å². The maximum Gasteiger partial charge on any atom is 0.252 e. The summed E-state index contributed by atoms with van der Waals surface area (Å²) in [7, 11) is -3.45. The van der Waals surface area contributed by atoms with Crippen molar-refractivity contribution >= 4 is 49.8 Å². The number of nitrogens with zero attached hydrogens (tertiary/aromatic N) is 3. The summed E-state index contributed by atoms with van der Waals surface area (Å²) in [6.07, 6.45) is 5.11. The Morgan fingerprint density at radius 1 is 1.11 bits per heavy atom. The van der Waals surface area contributed by atoms with Crippen molar-refractivity contribution in [1.82, 2.24) is 9.13 Å². The second kappa shape index (κ2) is 10.7. The highest BCUT2D eigenvalue weighted by Gasteiger charge is 2.14. The van der Waals surface area contributed by atoms with Gasteiger partial charge in [0.25, 0.3) is 5.56 Å². The first-order valence-corrected chi connectivity index (χ1v) is 13.7. The summed E-state index contributed by atoms with van der Waals surface area (Å²) in [4.78, 5) is 12.4. The van der Waals surface area contributed by atoms with Gasteiger partial charge in [0.15, 0.2) is 5.75 Å². The Hall–Kier alpha value is -3.45. The summed E-state index contributed by atoms with van der Waals surface area (Å²) in [5, 5.41) is 10.9. The third-order valence-electron chi connectivity index (χ3n) is 5.45. The van der Waals surface area contributed by atoms with Gasteiger partial charge in [-0.2, -0.15) is 5.26 Å². The van der Waals surface area contributed by atoms with Crippen molar-refractivity contribution in [2.75, 3.05) is 23.5 Å². The molecule has 0 fully saturated rings. The van der Waals surface area contributed by atoms with Crippen LogP contribution in [-0.4, -0.2) is 36.3 Å². The molecule has 0 aliphatic heterocycles. The first kappa shape index (κ1) is 25.6. The lowest BCUT2D eigenvalue weighted by molar-refractivity contribution is 0.342. The molecule has 0 saturated heterocycles. The average Bonchev–Trinajstić information content (AvgIpc) is 3.24. The number of ether oxygens (including phenoxy) is 1. The van der Waals surface area contributed by atoms with Gasteiger partial charge in [-0.1, -0.05) is 17.7 Å². The largest absolute Gasteiger partial charge is 0.489 e. The van der Waals surface area contributed by atoms with E-state index in [9.17, 15) is 18.5 Å². The van der Waals surface area contributed by atoms with Crippen molar-refractivity contribution in [2.24, 2.45) is 0 Å². The Morgan fingerprint density at radius 3 is 2.61 bits per heavy atom. The Morgan fingerprint density at radius 2 is 1.92 bits per heavy atom. The molecule has 0 radical (unpaired) electrons. The number of sulfonamides is 1. The van der Waals surface area contributed by atoms with E-state index in [1.807, 2.05) is 35.0 Å². The average molecular weight is 545 g/mol. The number of alkyl halides is 1. The number of hydrogen-bond donors (Lipinski definition) is 1. The number of pyridine rings is 1. The van der Waals surface area contributed by atoms with E-state index >= 15 is 0 Å². The van der Waals surface area contributed by atoms with Gasteiger partial charge in [-0.05, 0) is 48.4 Å². The zero-order chi connectivity index (χ0) is 25.9.